The van der Waals surface area contributed by atoms with Crippen LogP contribution in [-0.4, -0.2) is 11.2 Å². The van der Waals surface area contributed by atoms with E-state index in [1.807, 2.05) is 6.92 Å². The van der Waals surface area contributed by atoms with Gasteiger partial charge in [-0.2, -0.15) is 13.2 Å². The lowest BCUT2D eigenvalue weighted by atomic mass is 10.0. The highest BCUT2D eigenvalue weighted by atomic mass is 19.4. The van der Waals surface area contributed by atoms with Gasteiger partial charge < -0.3 is 5.11 Å². The predicted octanol–water partition coefficient (Wildman–Crippen LogP) is 3.80. The number of aryl methyl sites for hydroxylation is 1. The molecule has 0 aliphatic carbocycles. The Morgan fingerprint density at radius 1 is 1.12 bits per heavy atom. The van der Waals surface area contributed by atoms with Gasteiger partial charge in [0.05, 0.1) is 11.7 Å². The first-order valence-corrected chi connectivity index (χ1v) is 5.77. The summed E-state index contributed by atoms with van der Waals surface area (Å²) in [5.74, 6) is 0. The third-order valence-corrected chi connectivity index (χ3v) is 2.67. The molecule has 1 nitrogen and oxygen atoms in total. The molecule has 1 unspecified atom stereocenters. The van der Waals surface area contributed by atoms with E-state index in [4.69, 9.17) is 0 Å². The quantitative estimate of drug-likeness (QED) is 0.837. The highest BCUT2D eigenvalue weighted by Crippen LogP contribution is 2.29. The van der Waals surface area contributed by atoms with Gasteiger partial charge >= 0.3 is 6.18 Å². The molecule has 4 heteroatoms. The maximum atomic E-state index is 12.3. The van der Waals surface area contributed by atoms with Gasteiger partial charge in [-0.05, 0) is 37.0 Å². The molecule has 1 N–H and O–H groups in total. The second-order valence-corrected chi connectivity index (χ2v) is 4.18. The first-order chi connectivity index (χ1) is 7.93. The molecule has 0 spiro atoms. The van der Waals surface area contributed by atoms with Crippen LogP contribution in [0.3, 0.4) is 0 Å². The summed E-state index contributed by atoms with van der Waals surface area (Å²) in [5.41, 5.74) is 0.198. The monoisotopic (exact) mass is 246 g/mol. The Morgan fingerprint density at radius 2 is 1.71 bits per heavy atom. The average Bonchev–Trinajstić information content (AvgIpc) is 2.26. The van der Waals surface area contributed by atoms with E-state index in [0.29, 0.717) is 12.8 Å². The number of alkyl halides is 3. The van der Waals surface area contributed by atoms with E-state index in [1.54, 1.807) is 0 Å². The fourth-order valence-corrected chi connectivity index (χ4v) is 1.67. The number of hydrogen-bond donors (Lipinski definition) is 1. The molecule has 0 aromatic heterocycles. The van der Waals surface area contributed by atoms with Crippen molar-refractivity contribution in [1.29, 1.82) is 0 Å². The van der Waals surface area contributed by atoms with Gasteiger partial charge in [0.25, 0.3) is 0 Å². The molecule has 0 saturated carbocycles. The minimum absolute atomic E-state index is 0.359. The molecular weight excluding hydrogens is 229 g/mol. The summed E-state index contributed by atoms with van der Waals surface area (Å²) in [4.78, 5) is 0. The molecular formula is C13H17F3O. The van der Waals surface area contributed by atoms with E-state index >= 15 is 0 Å². The fourth-order valence-electron chi connectivity index (χ4n) is 1.67. The average molecular weight is 246 g/mol. The molecule has 0 saturated heterocycles. The summed E-state index contributed by atoms with van der Waals surface area (Å²) in [7, 11) is 0. The Bertz CT molecular complexity index is 330. The smallest absolute Gasteiger partial charge is 0.393 e. The van der Waals surface area contributed by atoms with Gasteiger partial charge in [0.15, 0.2) is 0 Å². The molecule has 1 aromatic rings. The Balaban J connectivity index is 2.51. The van der Waals surface area contributed by atoms with Crippen LogP contribution in [0, 0.1) is 0 Å². The maximum absolute atomic E-state index is 12.3. The lowest BCUT2D eigenvalue weighted by Gasteiger charge is -2.10. The van der Waals surface area contributed by atoms with Crippen LogP contribution < -0.4 is 0 Å². The lowest BCUT2D eigenvalue weighted by molar-refractivity contribution is -0.137. The minimum Gasteiger partial charge on any atom is -0.393 e. The van der Waals surface area contributed by atoms with Crippen molar-refractivity contribution in [3.8, 4) is 0 Å². The number of rotatable bonds is 5. The number of aliphatic hydroxyl groups excluding tert-OH is 1. The molecule has 0 fully saturated rings. The van der Waals surface area contributed by atoms with Crippen LogP contribution in [0.2, 0.25) is 0 Å². The van der Waals surface area contributed by atoms with Crippen molar-refractivity contribution in [2.24, 2.45) is 0 Å². The van der Waals surface area contributed by atoms with Gasteiger partial charge in [-0.1, -0.05) is 25.5 Å². The van der Waals surface area contributed by atoms with E-state index in [1.165, 1.54) is 12.1 Å². The summed E-state index contributed by atoms with van der Waals surface area (Å²) in [6, 6.07) is 5.12. The van der Waals surface area contributed by atoms with Gasteiger partial charge in [0.1, 0.15) is 0 Å². The van der Waals surface area contributed by atoms with Gasteiger partial charge in [-0.15, -0.1) is 0 Å². The zero-order valence-electron chi connectivity index (χ0n) is 9.80. The van der Waals surface area contributed by atoms with Crippen molar-refractivity contribution in [1.82, 2.24) is 0 Å². The number of aliphatic hydroxyl groups is 1. The van der Waals surface area contributed by atoms with Crippen molar-refractivity contribution in [2.45, 2.75) is 44.9 Å². The molecule has 0 aliphatic heterocycles. The van der Waals surface area contributed by atoms with Crippen LogP contribution in [0.1, 0.15) is 37.3 Å². The van der Waals surface area contributed by atoms with Crippen LogP contribution >= 0.6 is 0 Å². The lowest BCUT2D eigenvalue weighted by Crippen LogP contribution is -2.08. The summed E-state index contributed by atoms with van der Waals surface area (Å²) in [5, 5.41) is 9.51. The third-order valence-electron chi connectivity index (χ3n) is 2.67. The van der Waals surface area contributed by atoms with Gasteiger partial charge in [-0.25, -0.2) is 0 Å². The molecule has 1 aromatic carbocycles. The Hall–Kier alpha value is -1.03. The molecule has 0 amide bonds. The molecule has 1 atom stereocenters. The van der Waals surface area contributed by atoms with Crippen LogP contribution in [-0.2, 0) is 12.6 Å². The molecule has 0 aliphatic rings. The minimum atomic E-state index is -4.28. The molecule has 0 heterocycles. The third kappa shape index (κ3) is 4.77. The molecule has 1 rings (SSSR count). The van der Waals surface area contributed by atoms with Gasteiger partial charge in [0.2, 0.25) is 0 Å². The van der Waals surface area contributed by atoms with E-state index in [-0.39, 0.29) is 6.10 Å². The molecule has 17 heavy (non-hydrogen) atoms. The zero-order valence-corrected chi connectivity index (χ0v) is 9.80. The highest BCUT2D eigenvalue weighted by Gasteiger charge is 2.29. The SMILES string of the molecule is CCCC(O)CCc1ccc(C(F)(F)F)cc1. The second kappa shape index (κ2) is 6.05. The van der Waals surface area contributed by atoms with E-state index in [9.17, 15) is 18.3 Å². The predicted molar refractivity (Wildman–Crippen MR) is 60.7 cm³/mol. The summed E-state index contributed by atoms with van der Waals surface area (Å²) >= 11 is 0. The first kappa shape index (κ1) is 14.0. The van der Waals surface area contributed by atoms with E-state index < -0.39 is 11.7 Å². The molecule has 0 bridgehead atoms. The van der Waals surface area contributed by atoms with Crippen LogP contribution in [0.25, 0.3) is 0 Å². The fraction of sp³-hybridized carbons (Fsp3) is 0.538. The number of halogens is 3. The standard InChI is InChI=1S/C13H17F3O/c1-2-3-12(17)9-6-10-4-7-11(8-5-10)13(14,15)16/h4-5,7-8,12,17H,2-3,6,9H2,1H3. The van der Waals surface area contributed by atoms with Gasteiger partial charge in [-0.3, -0.25) is 0 Å². The van der Waals surface area contributed by atoms with Gasteiger partial charge in [0, 0.05) is 0 Å². The van der Waals surface area contributed by atoms with Crippen LogP contribution in [0.15, 0.2) is 24.3 Å². The summed E-state index contributed by atoms with van der Waals surface area (Å²) in [6.45, 7) is 1.99. The Morgan fingerprint density at radius 3 is 2.18 bits per heavy atom. The topological polar surface area (TPSA) is 20.2 Å². The van der Waals surface area contributed by atoms with Crippen molar-refractivity contribution < 1.29 is 18.3 Å². The van der Waals surface area contributed by atoms with Crippen molar-refractivity contribution in [2.75, 3.05) is 0 Å². The molecule has 0 radical (unpaired) electrons. The maximum Gasteiger partial charge on any atom is 0.416 e. The van der Waals surface area contributed by atoms with Crippen LogP contribution in [0.5, 0.6) is 0 Å². The van der Waals surface area contributed by atoms with Crippen molar-refractivity contribution in [3.05, 3.63) is 35.4 Å². The van der Waals surface area contributed by atoms with E-state index in [2.05, 4.69) is 0 Å². The normalized spacial score (nSPS) is 13.7. The number of hydrogen-bond acceptors (Lipinski definition) is 1. The number of benzene rings is 1. The zero-order chi connectivity index (χ0) is 12.9. The Labute approximate surface area is 99.3 Å². The van der Waals surface area contributed by atoms with Crippen molar-refractivity contribution in [3.63, 3.8) is 0 Å². The first-order valence-electron chi connectivity index (χ1n) is 5.77. The molecule has 96 valence electrons. The summed E-state index contributed by atoms with van der Waals surface area (Å²) in [6.07, 6.45) is -1.78. The van der Waals surface area contributed by atoms with Crippen LogP contribution in [0.4, 0.5) is 13.2 Å². The van der Waals surface area contributed by atoms with Crippen molar-refractivity contribution >= 4 is 0 Å². The van der Waals surface area contributed by atoms with E-state index in [0.717, 1.165) is 30.5 Å². The summed E-state index contributed by atoms with van der Waals surface area (Å²) < 4.78 is 36.9. The second-order valence-electron chi connectivity index (χ2n) is 4.18. The highest BCUT2D eigenvalue weighted by molar-refractivity contribution is 5.24. The Kier molecular flexibility index (Phi) is 5.00. The largest absolute Gasteiger partial charge is 0.416 e.